The summed E-state index contributed by atoms with van der Waals surface area (Å²) in [5.74, 6) is -0.392. The molecule has 96 valence electrons. The lowest BCUT2D eigenvalue weighted by Crippen LogP contribution is -2.06. The maximum Gasteiger partial charge on any atom is 0.435 e. The van der Waals surface area contributed by atoms with Gasteiger partial charge in [0, 0.05) is 12.6 Å². The molecule has 0 radical (unpaired) electrons. The first-order valence-corrected chi connectivity index (χ1v) is 5.17. The standard InChI is InChI=1S/C12H10F4N2/c1-7-5-8(3-4-9(7)13)10-6-11(12(14,15)16)17-18(10)2/h3-6H,1-2H3. The fraction of sp³-hybridized carbons (Fsp3) is 0.250. The zero-order chi connectivity index (χ0) is 13.5. The number of benzene rings is 1. The molecule has 6 heteroatoms. The van der Waals surface area contributed by atoms with Crippen LogP contribution in [0, 0.1) is 12.7 Å². The van der Waals surface area contributed by atoms with Gasteiger partial charge in [-0.1, -0.05) is 0 Å². The van der Waals surface area contributed by atoms with Gasteiger partial charge in [-0.2, -0.15) is 18.3 Å². The van der Waals surface area contributed by atoms with E-state index in [1.165, 1.54) is 25.2 Å². The van der Waals surface area contributed by atoms with Gasteiger partial charge in [0.15, 0.2) is 5.69 Å². The minimum Gasteiger partial charge on any atom is -0.267 e. The van der Waals surface area contributed by atoms with Crippen molar-refractivity contribution in [3.63, 3.8) is 0 Å². The van der Waals surface area contributed by atoms with E-state index in [1.54, 1.807) is 6.92 Å². The maximum absolute atomic E-state index is 13.1. The molecule has 0 amide bonds. The number of rotatable bonds is 1. The third-order valence-electron chi connectivity index (χ3n) is 2.62. The summed E-state index contributed by atoms with van der Waals surface area (Å²) in [6.07, 6.45) is -4.48. The van der Waals surface area contributed by atoms with Crippen molar-refractivity contribution in [3.05, 3.63) is 41.3 Å². The Morgan fingerprint density at radius 1 is 1.17 bits per heavy atom. The number of alkyl halides is 3. The molecule has 2 rings (SSSR count). The third-order valence-corrected chi connectivity index (χ3v) is 2.62. The molecule has 0 saturated carbocycles. The second-order valence-corrected chi connectivity index (χ2v) is 4.00. The van der Waals surface area contributed by atoms with E-state index in [2.05, 4.69) is 5.10 Å². The van der Waals surface area contributed by atoms with Gasteiger partial charge in [0.05, 0.1) is 5.69 Å². The Kier molecular flexibility index (Phi) is 2.88. The van der Waals surface area contributed by atoms with E-state index in [9.17, 15) is 17.6 Å². The van der Waals surface area contributed by atoms with Crippen LogP contribution in [0.3, 0.4) is 0 Å². The highest BCUT2D eigenvalue weighted by Crippen LogP contribution is 2.31. The Balaban J connectivity index is 2.51. The highest BCUT2D eigenvalue weighted by Gasteiger charge is 2.34. The monoisotopic (exact) mass is 258 g/mol. The summed E-state index contributed by atoms with van der Waals surface area (Å²) in [6.45, 7) is 1.56. The maximum atomic E-state index is 13.1. The average Bonchev–Trinajstić information content (AvgIpc) is 2.64. The molecule has 2 aromatic rings. The van der Waals surface area contributed by atoms with Gasteiger partial charge in [0.25, 0.3) is 0 Å². The smallest absolute Gasteiger partial charge is 0.267 e. The van der Waals surface area contributed by atoms with E-state index in [-0.39, 0.29) is 0 Å². The van der Waals surface area contributed by atoms with E-state index in [1.807, 2.05) is 0 Å². The first kappa shape index (κ1) is 12.6. The van der Waals surface area contributed by atoms with Gasteiger partial charge < -0.3 is 0 Å². The van der Waals surface area contributed by atoms with Gasteiger partial charge in [0.2, 0.25) is 0 Å². The molecule has 0 unspecified atom stereocenters. The van der Waals surface area contributed by atoms with E-state index >= 15 is 0 Å². The molecule has 0 saturated heterocycles. The lowest BCUT2D eigenvalue weighted by Gasteiger charge is -2.03. The summed E-state index contributed by atoms with van der Waals surface area (Å²) in [7, 11) is 1.42. The van der Waals surface area contributed by atoms with Crippen molar-refractivity contribution >= 4 is 0 Å². The largest absolute Gasteiger partial charge is 0.435 e. The predicted molar refractivity (Wildman–Crippen MR) is 58.3 cm³/mol. The number of aromatic nitrogens is 2. The normalized spacial score (nSPS) is 11.9. The Bertz CT molecular complexity index is 584. The van der Waals surface area contributed by atoms with Crippen molar-refractivity contribution in [2.45, 2.75) is 13.1 Å². The summed E-state index contributed by atoms with van der Waals surface area (Å²) in [4.78, 5) is 0. The summed E-state index contributed by atoms with van der Waals surface area (Å²) >= 11 is 0. The van der Waals surface area contributed by atoms with Crippen LogP contribution in [0.5, 0.6) is 0 Å². The molecule has 1 heterocycles. The number of aryl methyl sites for hydroxylation is 2. The van der Waals surface area contributed by atoms with Crippen LogP contribution in [0.25, 0.3) is 11.3 Å². The molecule has 0 spiro atoms. The molecule has 0 aliphatic heterocycles. The molecule has 1 aromatic heterocycles. The Labute approximate surface area is 101 Å². The molecule has 0 fully saturated rings. The zero-order valence-electron chi connectivity index (χ0n) is 9.72. The Morgan fingerprint density at radius 3 is 2.33 bits per heavy atom. The van der Waals surface area contributed by atoms with Crippen molar-refractivity contribution in [2.75, 3.05) is 0 Å². The number of nitrogens with zero attached hydrogens (tertiary/aromatic N) is 2. The van der Waals surface area contributed by atoms with Crippen LogP contribution in [0.4, 0.5) is 17.6 Å². The minimum atomic E-state index is -4.48. The van der Waals surface area contributed by atoms with Gasteiger partial charge in [-0.05, 0) is 36.8 Å². The quantitative estimate of drug-likeness (QED) is 0.715. The lowest BCUT2D eigenvalue weighted by molar-refractivity contribution is -0.141. The van der Waals surface area contributed by atoms with Gasteiger partial charge >= 0.3 is 6.18 Å². The highest BCUT2D eigenvalue weighted by molar-refractivity contribution is 5.61. The molecule has 0 N–H and O–H groups in total. The SMILES string of the molecule is Cc1cc(-c2cc(C(F)(F)F)nn2C)ccc1F. The number of halogens is 4. The van der Waals surface area contributed by atoms with Crippen molar-refractivity contribution in [1.82, 2.24) is 9.78 Å². The molecule has 0 bridgehead atoms. The lowest BCUT2D eigenvalue weighted by atomic mass is 10.1. The van der Waals surface area contributed by atoms with E-state index in [4.69, 9.17) is 0 Å². The Morgan fingerprint density at radius 2 is 1.83 bits per heavy atom. The van der Waals surface area contributed by atoms with Crippen LogP contribution >= 0.6 is 0 Å². The summed E-state index contributed by atoms with van der Waals surface area (Å²) < 4.78 is 51.8. The molecular weight excluding hydrogens is 248 g/mol. The van der Waals surface area contributed by atoms with E-state index in [0.29, 0.717) is 16.8 Å². The third kappa shape index (κ3) is 2.23. The highest BCUT2D eigenvalue weighted by atomic mass is 19.4. The first-order valence-electron chi connectivity index (χ1n) is 5.17. The molecule has 18 heavy (non-hydrogen) atoms. The second kappa shape index (κ2) is 4.12. The van der Waals surface area contributed by atoms with Gasteiger partial charge in [0.1, 0.15) is 5.82 Å². The fourth-order valence-electron chi connectivity index (χ4n) is 1.68. The molecule has 0 aliphatic rings. The molecular formula is C12H10F4N2. The minimum absolute atomic E-state index is 0.297. The molecule has 2 nitrogen and oxygen atoms in total. The summed E-state index contributed by atoms with van der Waals surface area (Å²) in [5.41, 5.74) is 0.217. The summed E-state index contributed by atoms with van der Waals surface area (Å²) in [5, 5.41) is 3.41. The van der Waals surface area contributed by atoms with Crippen molar-refractivity contribution < 1.29 is 17.6 Å². The number of hydrogen-bond donors (Lipinski definition) is 0. The second-order valence-electron chi connectivity index (χ2n) is 4.00. The van der Waals surface area contributed by atoms with Gasteiger partial charge in [-0.3, -0.25) is 4.68 Å². The molecule has 0 atom stereocenters. The van der Waals surface area contributed by atoms with Crippen LogP contribution in [-0.4, -0.2) is 9.78 Å². The Hall–Kier alpha value is -1.85. The van der Waals surface area contributed by atoms with Crippen LogP contribution in [0.2, 0.25) is 0 Å². The first-order chi connectivity index (χ1) is 8.29. The van der Waals surface area contributed by atoms with E-state index in [0.717, 1.165) is 10.7 Å². The molecule has 0 aliphatic carbocycles. The predicted octanol–water partition coefficient (Wildman–Crippen LogP) is 3.55. The number of hydrogen-bond acceptors (Lipinski definition) is 1. The zero-order valence-corrected chi connectivity index (χ0v) is 9.72. The van der Waals surface area contributed by atoms with Crippen molar-refractivity contribution in [3.8, 4) is 11.3 Å². The van der Waals surface area contributed by atoms with E-state index < -0.39 is 17.7 Å². The van der Waals surface area contributed by atoms with Gasteiger partial charge in [-0.15, -0.1) is 0 Å². The fourth-order valence-corrected chi connectivity index (χ4v) is 1.68. The van der Waals surface area contributed by atoms with Crippen molar-refractivity contribution in [2.24, 2.45) is 7.05 Å². The van der Waals surface area contributed by atoms with Gasteiger partial charge in [-0.25, -0.2) is 4.39 Å². The summed E-state index contributed by atoms with van der Waals surface area (Å²) in [6, 6.07) is 5.10. The van der Waals surface area contributed by atoms with Crippen LogP contribution in [0.15, 0.2) is 24.3 Å². The molecule has 1 aromatic carbocycles. The van der Waals surface area contributed by atoms with Crippen LogP contribution in [0.1, 0.15) is 11.3 Å². The average molecular weight is 258 g/mol. The topological polar surface area (TPSA) is 17.8 Å². The van der Waals surface area contributed by atoms with Crippen molar-refractivity contribution in [1.29, 1.82) is 0 Å². The van der Waals surface area contributed by atoms with Crippen LogP contribution < -0.4 is 0 Å². The van der Waals surface area contributed by atoms with Crippen LogP contribution in [-0.2, 0) is 13.2 Å².